The maximum absolute atomic E-state index is 15.0. The Morgan fingerprint density at radius 1 is 0.907 bits per heavy atom. The van der Waals surface area contributed by atoms with Crippen molar-refractivity contribution in [3.63, 3.8) is 0 Å². The fourth-order valence-corrected chi connectivity index (χ4v) is 8.24. The number of hydrogen-bond donors (Lipinski definition) is 1. The van der Waals surface area contributed by atoms with Gasteiger partial charge in [0.05, 0.1) is 16.8 Å². The molecule has 1 aromatic heterocycles. The number of allylic oxidation sites excluding steroid dienone is 1. The average Bonchev–Trinajstić information content (AvgIpc) is 3.74. The molecule has 1 amide bonds. The molecule has 0 radical (unpaired) electrons. The van der Waals surface area contributed by atoms with Crippen LogP contribution >= 0.6 is 11.3 Å². The van der Waals surface area contributed by atoms with Gasteiger partial charge in [-0.2, -0.15) is 0 Å². The first-order chi connectivity index (χ1) is 21.0. The molecular weight excluding hydrogens is 552 g/mol. The topological polar surface area (TPSA) is 66.5 Å². The van der Waals surface area contributed by atoms with Crippen LogP contribution in [0.1, 0.15) is 69.8 Å². The van der Waals surface area contributed by atoms with E-state index in [9.17, 15) is 14.4 Å². The molecule has 3 aliphatic heterocycles. The standard InChI is InChI=1S/C37H34N2O3S/c1-3-4-5-11-24-17-19-25(20-18-24)34(40)32-33(35(41)30-16-10-21-43-30)39-29-15-9-6-12-26(29)23(2)22-31(39)37(32)27-13-7-8-14-28(27)38-36(37)42/h6-10,12-22,31-33H,3-5,11H2,1-2H3,(H,38,42)/t31-,32+,33-,37-/m1/s1. The minimum absolute atomic E-state index is 0.133. The maximum atomic E-state index is 15.0. The van der Waals surface area contributed by atoms with E-state index in [1.54, 1.807) is 0 Å². The summed E-state index contributed by atoms with van der Waals surface area (Å²) in [6.45, 7) is 4.23. The number of unbranched alkanes of at least 4 members (excludes halogenated alkanes) is 2. The number of nitrogens with one attached hydrogen (secondary N) is 1. The zero-order valence-electron chi connectivity index (χ0n) is 24.4. The van der Waals surface area contributed by atoms with Crippen molar-refractivity contribution < 1.29 is 14.4 Å². The van der Waals surface area contributed by atoms with Crippen molar-refractivity contribution in [3.05, 3.63) is 124 Å². The number of hydrogen-bond acceptors (Lipinski definition) is 5. The van der Waals surface area contributed by atoms with Crippen LogP contribution < -0.4 is 10.2 Å². The fourth-order valence-electron chi connectivity index (χ4n) is 7.55. The lowest BCUT2D eigenvalue weighted by molar-refractivity contribution is -0.121. The molecule has 6 heteroatoms. The third kappa shape index (κ3) is 4.14. The second kappa shape index (κ2) is 10.8. The van der Waals surface area contributed by atoms with Crippen LogP contribution in [0.5, 0.6) is 0 Å². The van der Waals surface area contributed by atoms with Crippen LogP contribution in [0.3, 0.4) is 0 Å². The number of amides is 1. The van der Waals surface area contributed by atoms with Crippen LogP contribution in [0.4, 0.5) is 11.4 Å². The van der Waals surface area contributed by atoms with E-state index in [0.717, 1.165) is 48.1 Å². The number of carbonyl (C=O) groups is 3. The number of fused-ring (bicyclic) bond motifs is 6. The fraction of sp³-hybridized carbons (Fsp3) is 0.270. The smallest absolute Gasteiger partial charge is 0.238 e. The minimum Gasteiger partial charge on any atom is -0.352 e. The Hall–Kier alpha value is -4.29. The predicted octanol–water partition coefficient (Wildman–Crippen LogP) is 7.73. The molecule has 0 unspecified atom stereocenters. The molecular formula is C37H34N2O3S. The monoisotopic (exact) mass is 586 g/mol. The van der Waals surface area contributed by atoms with Crippen LogP contribution in [0, 0.1) is 5.92 Å². The molecule has 0 saturated carbocycles. The average molecular weight is 587 g/mol. The second-order valence-corrected chi connectivity index (χ2v) is 12.8. The van der Waals surface area contributed by atoms with Gasteiger partial charge in [-0.05, 0) is 60.0 Å². The molecule has 4 atom stereocenters. The van der Waals surface area contributed by atoms with Crippen molar-refractivity contribution in [2.24, 2.45) is 5.92 Å². The summed E-state index contributed by atoms with van der Waals surface area (Å²) in [7, 11) is 0. The summed E-state index contributed by atoms with van der Waals surface area (Å²) in [5, 5.41) is 5.00. The molecule has 3 aromatic carbocycles. The van der Waals surface area contributed by atoms with E-state index in [0.29, 0.717) is 16.1 Å². The lowest BCUT2D eigenvalue weighted by atomic mass is 9.64. The third-order valence-electron chi connectivity index (χ3n) is 9.51. The van der Waals surface area contributed by atoms with Gasteiger partial charge in [0.25, 0.3) is 0 Å². The van der Waals surface area contributed by atoms with Gasteiger partial charge in [-0.1, -0.05) is 92.6 Å². The summed E-state index contributed by atoms with van der Waals surface area (Å²) in [6.07, 6.45) is 6.48. The van der Waals surface area contributed by atoms with Gasteiger partial charge in [0, 0.05) is 22.5 Å². The minimum atomic E-state index is -1.29. The quantitative estimate of drug-likeness (QED) is 0.170. The number of anilines is 2. The molecule has 1 N–H and O–H groups in total. The molecule has 1 fully saturated rings. The molecule has 216 valence electrons. The number of thiophene rings is 1. The molecule has 4 aromatic rings. The SMILES string of the molecule is CCCCCc1ccc(C(=O)[C@@H]2[C@H](C(=O)c3cccs3)N3c4ccccc4C(C)=C[C@@H]3[C@@]23C(=O)Nc2ccccc23)cc1. The molecule has 0 aliphatic carbocycles. The second-order valence-electron chi connectivity index (χ2n) is 11.9. The van der Waals surface area contributed by atoms with Crippen LogP contribution in [-0.4, -0.2) is 29.6 Å². The van der Waals surface area contributed by atoms with Crippen molar-refractivity contribution >= 4 is 45.8 Å². The highest BCUT2D eigenvalue weighted by Crippen LogP contribution is 2.58. The molecule has 1 saturated heterocycles. The van der Waals surface area contributed by atoms with E-state index in [4.69, 9.17) is 0 Å². The Kier molecular flexibility index (Phi) is 6.89. The first kappa shape index (κ1) is 27.5. The summed E-state index contributed by atoms with van der Waals surface area (Å²) in [4.78, 5) is 46.8. The first-order valence-corrected chi connectivity index (χ1v) is 16.0. The summed E-state index contributed by atoms with van der Waals surface area (Å²) in [6, 6.07) is 25.8. The van der Waals surface area contributed by atoms with Gasteiger partial charge < -0.3 is 10.2 Å². The van der Waals surface area contributed by atoms with Crippen LogP contribution in [0.25, 0.3) is 5.57 Å². The van der Waals surface area contributed by atoms with E-state index in [2.05, 4.69) is 23.2 Å². The number of nitrogens with zero attached hydrogens (tertiary/aromatic N) is 1. The molecule has 4 heterocycles. The van der Waals surface area contributed by atoms with E-state index in [1.165, 1.54) is 16.9 Å². The summed E-state index contributed by atoms with van der Waals surface area (Å²) in [5.74, 6) is -1.49. The van der Waals surface area contributed by atoms with Crippen molar-refractivity contribution in [2.45, 2.75) is 57.0 Å². The van der Waals surface area contributed by atoms with E-state index >= 15 is 0 Å². The van der Waals surface area contributed by atoms with Crippen molar-refractivity contribution in [2.75, 3.05) is 10.2 Å². The molecule has 7 rings (SSSR count). The highest BCUT2D eigenvalue weighted by Gasteiger charge is 2.70. The van der Waals surface area contributed by atoms with Crippen LogP contribution in [-0.2, 0) is 16.6 Å². The third-order valence-corrected chi connectivity index (χ3v) is 10.4. The number of aryl methyl sites for hydroxylation is 1. The van der Waals surface area contributed by atoms with Crippen molar-refractivity contribution in [3.8, 4) is 0 Å². The number of rotatable bonds is 8. The van der Waals surface area contributed by atoms with Crippen LogP contribution in [0.15, 0.2) is 96.4 Å². The molecule has 0 bridgehead atoms. The Morgan fingerprint density at radius 3 is 2.44 bits per heavy atom. The Labute approximate surface area is 256 Å². The Bertz CT molecular complexity index is 1760. The summed E-state index contributed by atoms with van der Waals surface area (Å²) < 4.78 is 0. The molecule has 3 aliphatic rings. The van der Waals surface area contributed by atoms with Crippen molar-refractivity contribution in [1.29, 1.82) is 0 Å². The van der Waals surface area contributed by atoms with Gasteiger partial charge in [0.1, 0.15) is 11.5 Å². The van der Waals surface area contributed by atoms with Gasteiger partial charge in [-0.15, -0.1) is 11.3 Å². The van der Waals surface area contributed by atoms with E-state index < -0.39 is 23.4 Å². The summed E-state index contributed by atoms with van der Waals surface area (Å²) >= 11 is 1.37. The lowest BCUT2D eigenvalue weighted by Crippen LogP contribution is -2.51. The van der Waals surface area contributed by atoms with Crippen molar-refractivity contribution in [1.82, 2.24) is 0 Å². The molecule has 5 nitrogen and oxygen atoms in total. The zero-order valence-corrected chi connectivity index (χ0v) is 25.2. The number of benzene rings is 3. The number of carbonyl (C=O) groups excluding carboxylic acids is 3. The Morgan fingerprint density at radius 2 is 1.67 bits per heavy atom. The lowest BCUT2D eigenvalue weighted by Gasteiger charge is -2.39. The zero-order chi connectivity index (χ0) is 29.7. The normalized spacial score (nSPS) is 23.4. The van der Waals surface area contributed by atoms with Gasteiger partial charge in [0.15, 0.2) is 11.6 Å². The van der Waals surface area contributed by atoms with E-state index in [1.807, 2.05) is 97.2 Å². The van der Waals surface area contributed by atoms with Gasteiger partial charge in [-0.25, -0.2) is 0 Å². The van der Waals surface area contributed by atoms with Crippen LogP contribution in [0.2, 0.25) is 0 Å². The van der Waals surface area contributed by atoms with Gasteiger partial charge >= 0.3 is 0 Å². The predicted molar refractivity (Wildman–Crippen MR) is 173 cm³/mol. The largest absolute Gasteiger partial charge is 0.352 e. The molecule has 43 heavy (non-hydrogen) atoms. The Balaban J connectivity index is 1.45. The number of para-hydroxylation sites is 2. The van der Waals surface area contributed by atoms with Gasteiger partial charge in [-0.3, -0.25) is 14.4 Å². The highest BCUT2D eigenvalue weighted by molar-refractivity contribution is 7.12. The van der Waals surface area contributed by atoms with E-state index in [-0.39, 0.29) is 17.5 Å². The molecule has 1 spiro atoms. The first-order valence-electron chi connectivity index (χ1n) is 15.1. The number of Topliss-reactive ketones (excluding diaryl/α,β-unsaturated/α-hetero) is 2. The highest BCUT2D eigenvalue weighted by atomic mass is 32.1. The van der Waals surface area contributed by atoms with Gasteiger partial charge in [0.2, 0.25) is 5.91 Å². The number of ketones is 2. The maximum Gasteiger partial charge on any atom is 0.238 e. The summed E-state index contributed by atoms with van der Waals surface area (Å²) in [5.41, 5.74) is 4.81.